The van der Waals surface area contributed by atoms with Crippen LogP contribution < -0.4 is 15.8 Å². The van der Waals surface area contributed by atoms with Gasteiger partial charge in [-0.1, -0.05) is 12.1 Å². The molecule has 3 N–H and O–H groups in total. The number of anilines is 1. The van der Waals surface area contributed by atoms with Gasteiger partial charge in [0, 0.05) is 10.9 Å². The fourth-order valence-electron chi connectivity index (χ4n) is 3.54. The summed E-state index contributed by atoms with van der Waals surface area (Å²) in [4.78, 5) is 36.2. The van der Waals surface area contributed by atoms with Crippen molar-refractivity contribution in [2.24, 2.45) is 5.73 Å². The molecule has 0 bridgehead atoms. The van der Waals surface area contributed by atoms with Crippen molar-refractivity contribution in [2.75, 3.05) is 5.32 Å². The number of nitrogens with one attached hydrogen (secondary N) is 1. The van der Waals surface area contributed by atoms with Gasteiger partial charge < -0.3 is 20.2 Å². The molecule has 0 saturated heterocycles. The van der Waals surface area contributed by atoms with E-state index < -0.39 is 16.7 Å². The minimum absolute atomic E-state index is 0.0305. The summed E-state index contributed by atoms with van der Waals surface area (Å²) in [6.07, 6.45) is 3.66. The third kappa shape index (κ3) is 4.29. The molecule has 160 valence electrons. The van der Waals surface area contributed by atoms with Gasteiger partial charge in [0.05, 0.1) is 10.5 Å². The number of ether oxygens (including phenoxy) is 1. The van der Waals surface area contributed by atoms with Gasteiger partial charge in [0.25, 0.3) is 11.8 Å². The fourth-order valence-corrected chi connectivity index (χ4v) is 4.83. The van der Waals surface area contributed by atoms with Crippen LogP contribution in [0.15, 0.2) is 40.8 Å². The normalized spacial score (nSPS) is 12.8. The Morgan fingerprint density at radius 2 is 1.97 bits per heavy atom. The Kier molecular flexibility index (Phi) is 5.72. The molecule has 0 spiro atoms. The number of para-hydroxylation sites is 2. The van der Waals surface area contributed by atoms with Crippen molar-refractivity contribution in [1.82, 2.24) is 0 Å². The lowest BCUT2D eigenvalue weighted by molar-refractivity contribution is -0.386. The summed E-state index contributed by atoms with van der Waals surface area (Å²) < 4.78 is 11.0. The molecule has 2 amide bonds. The maximum atomic E-state index is 12.7. The van der Waals surface area contributed by atoms with E-state index in [9.17, 15) is 19.7 Å². The second kappa shape index (κ2) is 8.60. The van der Waals surface area contributed by atoms with Crippen LogP contribution in [0.5, 0.6) is 5.75 Å². The number of nitrogens with zero attached hydrogens (tertiary/aromatic N) is 1. The van der Waals surface area contributed by atoms with E-state index >= 15 is 0 Å². The van der Waals surface area contributed by atoms with Gasteiger partial charge in [0.1, 0.15) is 17.4 Å². The molecule has 0 unspecified atom stereocenters. The molecule has 1 aliphatic carbocycles. The Morgan fingerprint density at radius 3 is 2.74 bits per heavy atom. The minimum Gasteiger partial charge on any atom is -0.479 e. The first-order chi connectivity index (χ1) is 14.9. The van der Waals surface area contributed by atoms with Gasteiger partial charge in [-0.25, -0.2) is 0 Å². The minimum atomic E-state index is -0.562. The largest absolute Gasteiger partial charge is 0.479 e. The van der Waals surface area contributed by atoms with Gasteiger partial charge in [-0.15, -0.1) is 11.3 Å². The molecule has 3 aromatic rings. The predicted octanol–water partition coefficient (Wildman–Crippen LogP) is 4.06. The number of nitro benzene ring substituents is 1. The van der Waals surface area contributed by atoms with Crippen molar-refractivity contribution in [3.63, 3.8) is 0 Å². The number of primary amides is 1. The summed E-state index contributed by atoms with van der Waals surface area (Å²) in [5.41, 5.74) is 6.70. The molecule has 1 aliphatic rings. The Balaban J connectivity index is 1.47. The highest BCUT2D eigenvalue weighted by atomic mass is 32.1. The number of benzene rings is 1. The van der Waals surface area contributed by atoms with Crippen molar-refractivity contribution < 1.29 is 23.7 Å². The third-order valence-corrected chi connectivity index (χ3v) is 6.17. The van der Waals surface area contributed by atoms with Gasteiger partial charge in [-0.2, -0.15) is 0 Å². The molecule has 2 heterocycles. The molecule has 0 atom stereocenters. The highest BCUT2D eigenvalue weighted by Gasteiger charge is 2.26. The summed E-state index contributed by atoms with van der Waals surface area (Å²) in [6, 6.07) is 9.03. The Labute approximate surface area is 181 Å². The van der Waals surface area contributed by atoms with Crippen molar-refractivity contribution in [2.45, 2.75) is 32.3 Å². The first kappa shape index (κ1) is 20.6. The van der Waals surface area contributed by atoms with Crippen molar-refractivity contribution in [1.29, 1.82) is 0 Å². The zero-order chi connectivity index (χ0) is 22.0. The summed E-state index contributed by atoms with van der Waals surface area (Å²) in [5, 5.41) is 14.2. The molecule has 4 rings (SSSR count). The van der Waals surface area contributed by atoms with Crippen LogP contribution in [-0.2, 0) is 19.4 Å². The van der Waals surface area contributed by atoms with Crippen molar-refractivity contribution in [3.8, 4) is 5.75 Å². The molecule has 9 nitrogen and oxygen atoms in total. The number of hydrogen-bond acceptors (Lipinski definition) is 7. The van der Waals surface area contributed by atoms with Crippen LogP contribution >= 0.6 is 11.3 Å². The number of hydrogen-bond donors (Lipinski definition) is 2. The zero-order valence-electron chi connectivity index (χ0n) is 16.4. The van der Waals surface area contributed by atoms with Gasteiger partial charge >= 0.3 is 5.69 Å². The monoisotopic (exact) mass is 441 g/mol. The molecule has 0 fully saturated rings. The number of amides is 2. The molecule has 0 aliphatic heterocycles. The topological polar surface area (TPSA) is 138 Å². The van der Waals surface area contributed by atoms with E-state index in [1.807, 2.05) is 0 Å². The molecule has 31 heavy (non-hydrogen) atoms. The second-order valence-electron chi connectivity index (χ2n) is 7.01. The van der Waals surface area contributed by atoms with Crippen molar-refractivity contribution >= 4 is 33.8 Å². The van der Waals surface area contributed by atoms with E-state index in [-0.39, 0.29) is 23.8 Å². The lowest BCUT2D eigenvalue weighted by Gasteiger charge is -2.11. The first-order valence-corrected chi connectivity index (χ1v) is 10.5. The number of carbonyl (C=O) groups excluding carboxylic acids is 2. The van der Waals surface area contributed by atoms with Crippen LogP contribution in [0, 0.1) is 10.1 Å². The first-order valence-electron chi connectivity index (χ1n) is 9.64. The molecular formula is C21H19N3O6S. The standard InChI is InChI=1S/C21H19N3O6S/c22-19(25)18-13-5-1-4-8-17(13)31-21(18)23-20(26)16-10-9-12(30-16)11-29-15-7-3-2-6-14(15)24(27)28/h2-3,6-7,9-10H,1,4-5,8,11H2,(H2,22,25)(H,23,26). The van der Waals surface area contributed by atoms with E-state index in [1.165, 1.54) is 29.5 Å². The summed E-state index contributed by atoms with van der Waals surface area (Å²) in [5.74, 6) is -0.622. The molecule has 0 saturated carbocycles. The molecule has 1 aromatic carbocycles. The Bertz CT molecular complexity index is 1170. The number of nitro groups is 1. The lowest BCUT2D eigenvalue weighted by atomic mass is 9.95. The number of fused-ring (bicyclic) bond motifs is 1. The number of rotatable bonds is 7. The van der Waals surface area contributed by atoms with Gasteiger partial charge in [-0.05, 0) is 49.4 Å². The SMILES string of the molecule is NC(=O)c1c(NC(=O)c2ccc(COc3ccccc3[N+](=O)[O-])o2)sc2c1CCCC2. The van der Waals surface area contributed by atoms with E-state index in [0.717, 1.165) is 36.1 Å². The van der Waals surface area contributed by atoms with E-state index in [4.69, 9.17) is 14.9 Å². The fraction of sp³-hybridized carbons (Fsp3) is 0.238. The molecular weight excluding hydrogens is 422 g/mol. The Hall–Kier alpha value is -3.66. The van der Waals surface area contributed by atoms with Crippen LogP contribution in [0.4, 0.5) is 10.7 Å². The molecule has 0 radical (unpaired) electrons. The summed E-state index contributed by atoms with van der Waals surface area (Å²) >= 11 is 1.37. The van der Waals surface area contributed by atoms with Crippen LogP contribution in [0.1, 0.15) is 50.0 Å². The number of nitrogens with two attached hydrogens (primary N) is 1. The maximum absolute atomic E-state index is 12.7. The number of carbonyl (C=O) groups is 2. The van der Waals surface area contributed by atoms with Gasteiger partial charge in [0.15, 0.2) is 11.5 Å². The maximum Gasteiger partial charge on any atom is 0.310 e. The number of furan rings is 1. The zero-order valence-corrected chi connectivity index (χ0v) is 17.2. The number of thiophene rings is 1. The highest BCUT2D eigenvalue weighted by molar-refractivity contribution is 7.17. The highest BCUT2D eigenvalue weighted by Crippen LogP contribution is 2.38. The second-order valence-corrected chi connectivity index (χ2v) is 8.12. The van der Waals surface area contributed by atoms with Gasteiger partial charge in [0.2, 0.25) is 0 Å². The average Bonchev–Trinajstić information content (AvgIpc) is 3.36. The van der Waals surface area contributed by atoms with Crippen LogP contribution in [0.25, 0.3) is 0 Å². The lowest BCUT2D eigenvalue weighted by Crippen LogP contribution is -2.18. The third-order valence-electron chi connectivity index (χ3n) is 4.96. The summed E-state index contributed by atoms with van der Waals surface area (Å²) in [7, 11) is 0. The Morgan fingerprint density at radius 1 is 1.19 bits per heavy atom. The quantitative estimate of drug-likeness (QED) is 0.419. The number of aryl methyl sites for hydroxylation is 1. The van der Waals surface area contributed by atoms with Crippen molar-refractivity contribution in [3.05, 3.63) is 74.0 Å². The smallest absolute Gasteiger partial charge is 0.310 e. The van der Waals surface area contributed by atoms with Crippen LogP contribution in [0.3, 0.4) is 0 Å². The van der Waals surface area contributed by atoms with E-state index in [2.05, 4.69) is 5.32 Å². The predicted molar refractivity (Wildman–Crippen MR) is 114 cm³/mol. The summed E-state index contributed by atoms with van der Waals surface area (Å²) in [6.45, 7) is -0.0853. The van der Waals surface area contributed by atoms with Crippen LogP contribution in [-0.4, -0.2) is 16.7 Å². The van der Waals surface area contributed by atoms with Gasteiger partial charge in [-0.3, -0.25) is 19.7 Å². The van der Waals surface area contributed by atoms with E-state index in [1.54, 1.807) is 18.2 Å². The molecule has 10 heteroatoms. The van der Waals surface area contributed by atoms with Crippen LogP contribution in [0.2, 0.25) is 0 Å². The average molecular weight is 441 g/mol. The molecule has 2 aromatic heterocycles. The van der Waals surface area contributed by atoms with E-state index in [0.29, 0.717) is 16.3 Å².